The molecule has 12 rings (SSSR count). The first-order valence-electron chi connectivity index (χ1n) is 36.7. The number of fused-ring (bicyclic) bond motifs is 4. The van der Waals surface area contributed by atoms with E-state index in [9.17, 15) is 8.42 Å². The summed E-state index contributed by atoms with van der Waals surface area (Å²) in [7, 11) is -2.98. The first-order valence-corrected chi connectivity index (χ1v) is 39.5. The zero-order valence-corrected chi connectivity index (χ0v) is 63.0. The second kappa shape index (κ2) is 36.9. The molecule has 0 amide bonds. The Morgan fingerprint density at radius 3 is 1.53 bits per heavy atom. The highest BCUT2D eigenvalue weighted by molar-refractivity contribution is 7.88. The van der Waals surface area contributed by atoms with Crippen LogP contribution in [0.4, 0.5) is 17.5 Å². The van der Waals surface area contributed by atoms with Crippen molar-refractivity contribution in [2.45, 2.75) is 230 Å². The molecule has 526 valence electrons. The third-order valence-corrected chi connectivity index (χ3v) is 24.7. The van der Waals surface area contributed by atoms with Crippen LogP contribution in [0, 0.1) is 109 Å². The van der Waals surface area contributed by atoms with Crippen LogP contribution in [0.1, 0.15) is 221 Å². The Morgan fingerprint density at radius 2 is 1.07 bits per heavy atom. The Morgan fingerprint density at radius 1 is 0.562 bits per heavy atom. The molecular weight excluding hydrogens is 1230 g/mol. The van der Waals surface area contributed by atoms with Crippen LogP contribution in [0.5, 0.6) is 0 Å². The number of likely N-dealkylation sites (tertiary alicyclic amines) is 1. The third kappa shape index (κ3) is 23.5. The fourth-order valence-electron chi connectivity index (χ4n) is 16.4. The maximum Gasteiger partial charge on any atom is 0.211 e. The Labute approximate surface area is 585 Å². The molecule has 0 N–H and O–H groups in total. The summed E-state index contributed by atoms with van der Waals surface area (Å²) in [5.41, 5.74) is 4.56. The molecule has 8 aliphatic rings. The number of hydrogen-bond acceptors (Lipinski definition) is 16. The highest BCUT2D eigenvalue weighted by atomic mass is 32.2. The van der Waals surface area contributed by atoms with Gasteiger partial charge >= 0.3 is 0 Å². The number of nitriles is 4. The summed E-state index contributed by atoms with van der Waals surface area (Å²) in [6.07, 6.45) is 27.3. The molecule has 8 saturated heterocycles. The average molecular weight is 1350 g/mol. The van der Waals surface area contributed by atoms with Crippen molar-refractivity contribution in [2.75, 3.05) is 79.9 Å². The van der Waals surface area contributed by atoms with E-state index < -0.39 is 10.0 Å². The number of piperidine rings is 6. The summed E-state index contributed by atoms with van der Waals surface area (Å²) >= 11 is 1.77. The van der Waals surface area contributed by atoms with E-state index in [4.69, 9.17) is 21.0 Å². The lowest BCUT2D eigenvalue weighted by Crippen LogP contribution is -2.46. The van der Waals surface area contributed by atoms with E-state index in [0.29, 0.717) is 52.1 Å². The molecule has 4 aromatic rings. The third-order valence-electron chi connectivity index (χ3n) is 22.6. The molecule has 0 aliphatic carbocycles. The van der Waals surface area contributed by atoms with Gasteiger partial charge in [0.15, 0.2) is 0 Å². The number of pyridine rings is 3. The summed E-state index contributed by atoms with van der Waals surface area (Å²) < 4.78 is 25.1. The first-order chi connectivity index (χ1) is 45.7. The molecule has 4 aromatic heterocycles. The quantitative estimate of drug-likeness (QED) is 0.137. The lowest BCUT2D eigenvalue weighted by atomic mass is 9.75. The first kappa shape index (κ1) is 77.6. The number of hydrogen-bond donors (Lipinski definition) is 0. The van der Waals surface area contributed by atoms with Crippen molar-refractivity contribution in [3.8, 4) is 24.3 Å². The Bertz CT molecular complexity index is 3200. The minimum Gasteiger partial charge on any atom is -0.357 e. The average Bonchev–Trinajstić information content (AvgIpc) is 1.75. The van der Waals surface area contributed by atoms with E-state index in [1.54, 1.807) is 40.2 Å². The molecule has 8 aliphatic heterocycles. The van der Waals surface area contributed by atoms with E-state index in [-0.39, 0.29) is 0 Å². The summed E-state index contributed by atoms with van der Waals surface area (Å²) in [5, 5.41) is 35.1. The molecule has 4 bridgehead atoms. The van der Waals surface area contributed by atoms with E-state index >= 15 is 0 Å². The van der Waals surface area contributed by atoms with E-state index in [1.807, 2.05) is 42.0 Å². The summed E-state index contributed by atoms with van der Waals surface area (Å²) in [5.74, 6) is 10.2. The van der Waals surface area contributed by atoms with Crippen LogP contribution in [0.2, 0.25) is 0 Å². The molecule has 18 heteroatoms. The molecule has 0 radical (unpaired) electrons. The second-order valence-corrected chi connectivity index (χ2v) is 35.1. The Hall–Kier alpha value is -5.73. The number of nitrogens with zero attached hydrogens (tertiary/aromatic N) is 14. The van der Waals surface area contributed by atoms with Gasteiger partial charge in [-0.1, -0.05) is 96.1 Å². The Balaban J connectivity index is 0.000000163. The van der Waals surface area contributed by atoms with Gasteiger partial charge in [0.1, 0.15) is 35.3 Å². The SMILES string of the molecule is CC(C)(C)C1CCN(c2cc(C#N)ccn2)CC1.CC(C)(C)C1CCN(c2ccc(C#N)cn2)CC1.CC(C)C1CCN(Cc2cncs2)CC1.CC(C)C1CCN(c2cccc(C#N)n2)CC1.CC(C)C1C[C@H]2CC[C@@H](C1)N2S(C)(=O)=O.CC1C[C@H]2CC[C@@H](C1)N2CCC#N. The van der Waals surface area contributed by atoms with Gasteiger partial charge < -0.3 is 14.7 Å². The lowest BCUT2D eigenvalue weighted by Gasteiger charge is -2.39. The van der Waals surface area contributed by atoms with Gasteiger partial charge in [-0.05, 0) is 216 Å². The van der Waals surface area contributed by atoms with E-state index in [1.165, 1.54) is 101 Å². The van der Waals surface area contributed by atoms with Crippen LogP contribution >= 0.6 is 11.3 Å². The van der Waals surface area contributed by atoms with Gasteiger partial charge in [-0.2, -0.15) is 25.4 Å². The molecule has 12 heterocycles. The number of aromatic nitrogens is 4. The minimum atomic E-state index is -2.98. The molecule has 0 spiro atoms. The predicted molar refractivity (Wildman–Crippen MR) is 394 cm³/mol. The predicted octanol–water partition coefficient (Wildman–Crippen LogP) is 16.3. The van der Waals surface area contributed by atoms with Crippen LogP contribution in [0.25, 0.3) is 0 Å². The van der Waals surface area contributed by atoms with Gasteiger partial charge in [0, 0.05) is 106 Å². The van der Waals surface area contributed by atoms with Gasteiger partial charge in [0.05, 0.1) is 35.0 Å². The zero-order chi connectivity index (χ0) is 69.7. The van der Waals surface area contributed by atoms with Crippen LogP contribution in [0.15, 0.2) is 66.6 Å². The molecule has 0 aromatic carbocycles. The van der Waals surface area contributed by atoms with Crippen molar-refractivity contribution in [1.29, 1.82) is 21.0 Å². The maximum absolute atomic E-state index is 11.6. The summed E-state index contributed by atoms with van der Waals surface area (Å²) in [6.45, 7) is 41.1. The largest absolute Gasteiger partial charge is 0.357 e. The van der Waals surface area contributed by atoms with E-state index in [2.05, 4.69) is 159 Å². The molecule has 2 unspecified atom stereocenters. The Kier molecular flexibility index (Phi) is 29.8. The van der Waals surface area contributed by atoms with Gasteiger partial charge in [-0.25, -0.2) is 23.4 Å². The molecule has 8 fully saturated rings. The smallest absolute Gasteiger partial charge is 0.211 e. The molecule has 0 saturated carbocycles. The van der Waals surface area contributed by atoms with Gasteiger partial charge in [0.2, 0.25) is 10.0 Å². The van der Waals surface area contributed by atoms with Crippen molar-refractivity contribution in [3.05, 3.63) is 88.3 Å². The number of anilines is 3. The standard InChI is InChI=1S/2C15H21N3.C14H19N3.C12H20N2S.C11H18N2.C11H21NO2S/c1-15(2,3)13-5-8-18(9-6-13)14-10-12(11-16)4-7-17-14;1-15(2,3)13-6-8-18(9-7-13)14-5-4-12(10-16)11-17-14;1-11(2)12-6-8-17(9-7-12)14-5-3-4-13(10-15)16-14;1-10(2)11-3-5-14(6-4-11)8-12-7-13-9-15-12;1-9-7-10-3-4-11(8-9)13(10)6-2-5-12;1-8(2)9-6-10-4-5-11(7-9)12(10)15(3,13)14/h4,7,10,13H,5-6,8-9H2,1-3H3;4-5,11,13H,6-9H2,1-3H3;3-5,11-12H,6-9H2,1-2H3;7,9-11H,3-6,8H2,1-2H3;9-11H,2-4,6-8H2,1H3;8-11H,4-7H2,1-3H3/t;;;;2*9?,10-,11+. The minimum absolute atomic E-state index is 0.297. The zero-order valence-electron chi connectivity index (χ0n) is 61.3. The van der Waals surface area contributed by atoms with Crippen LogP contribution in [-0.4, -0.2) is 132 Å². The van der Waals surface area contributed by atoms with Gasteiger partial charge in [-0.3, -0.25) is 14.8 Å². The topological polar surface area (TPSA) is 200 Å². The van der Waals surface area contributed by atoms with Crippen LogP contribution in [0.3, 0.4) is 0 Å². The summed E-state index contributed by atoms with van der Waals surface area (Å²) in [6, 6.07) is 23.9. The van der Waals surface area contributed by atoms with E-state index in [0.717, 1.165) is 155 Å². The van der Waals surface area contributed by atoms with Crippen molar-refractivity contribution in [3.63, 3.8) is 0 Å². The van der Waals surface area contributed by atoms with Crippen LogP contribution in [-0.2, 0) is 16.6 Å². The fraction of sp³-hybridized carbons (Fsp3) is 0.718. The van der Waals surface area contributed by atoms with Gasteiger partial charge in [-0.15, -0.1) is 11.3 Å². The molecule has 6 atom stereocenters. The monoisotopic (exact) mass is 1350 g/mol. The molecular formula is C78H120N14O2S2. The maximum atomic E-state index is 11.6. The van der Waals surface area contributed by atoms with Crippen LogP contribution < -0.4 is 14.7 Å². The van der Waals surface area contributed by atoms with Crippen molar-refractivity contribution >= 4 is 38.8 Å². The highest BCUT2D eigenvalue weighted by Gasteiger charge is 2.46. The molecule has 96 heavy (non-hydrogen) atoms. The van der Waals surface area contributed by atoms with Crippen molar-refractivity contribution in [2.24, 2.45) is 64.1 Å². The molecule has 16 nitrogen and oxygen atoms in total. The second-order valence-electron chi connectivity index (χ2n) is 32.2. The van der Waals surface area contributed by atoms with Crippen molar-refractivity contribution in [1.82, 2.24) is 34.0 Å². The fourth-order valence-corrected chi connectivity index (χ4v) is 18.5. The highest BCUT2D eigenvalue weighted by Crippen LogP contribution is 2.43. The number of sulfonamides is 1. The summed E-state index contributed by atoms with van der Waals surface area (Å²) in [4.78, 5) is 30.7. The normalized spacial score (nSPS) is 23.9. The number of rotatable bonds is 11. The lowest BCUT2D eigenvalue weighted by molar-refractivity contribution is 0.113. The van der Waals surface area contributed by atoms with Crippen molar-refractivity contribution < 1.29 is 8.42 Å². The van der Waals surface area contributed by atoms with Gasteiger partial charge in [0.25, 0.3) is 0 Å². The number of thiazole rings is 1.